The molecule has 1 fully saturated rings. The number of benzene rings is 4. The van der Waals surface area contributed by atoms with Crippen LogP contribution in [0.15, 0.2) is 107 Å². The third kappa shape index (κ3) is 7.30. The van der Waals surface area contributed by atoms with Gasteiger partial charge in [0.25, 0.3) is 0 Å². The summed E-state index contributed by atoms with van der Waals surface area (Å²) in [4.78, 5) is -0.172. The molecular formula is C32H32Cl2N2O6S3. The second kappa shape index (κ2) is 13.2. The summed E-state index contributed by atoms with van der Waals surface area (Å²) in [6, 6.07) is 23.9. The van der Waals surface area contributed by atoms with Gasteiger partial charge in [0.05, 0.1) is 33.4 Å². The van der Waals surface area contributed by atoms with Gasteiger partial charge in [-0.2, -0.15) is 8.61 Å². The molecular weight excluding hydrogens is 675 g/mol. The fourth-order valence-corrected chi connectivity index (χ4v) is 12.0. The van der Waals surface area contributed by atoms with E-state index in [1.54, 1.807) is 98.8 Å². The van der Waals surface area contributed by atoms with E-state index in [4.69, 9.17) is 23.2 Å². The lowest BCUT2D eigenvalue weighted by Crippen LogP contribution is -2.54. The van der Waals surface area contributed by atoms with Gasteiger partial charge in [-0.3, -0.25) is 0 Å². The van der Waals surface area contributed by atoms with Crippen molar-refractivity contribution in [1.82, 2.24) is 8.61 Å². The van der Waals surface area contributed by atoms with Crippen LogP contribution in [0.3, 0.4) is 0 Å². The van der Waals surface area contributed by atoms with Crippen LogP contribution in [-0.2, 0) is 43.0 Å². The number of hydrogen-bond donors (Lipinski definition) is 0. The highest BCUT2D eigenvalue weighted by Crippen LogP contribution is 2.36. The lowest BCUT2D eigenvalue weighted by Gasteiger charge is -2.37. The Labute approximate surface area is 275 Å². The fraction of sp³-hybridized carbons (Fsp3) is 0.250. The van der Waals surface area contributed by atoms with E-state index in [9.17, 15) is 25.3 Å². The number of hydrogen-bond acceptors (Lipinski definition) is 6. The van der Waals surface area contributed by atoms with Gasteiger partial charge in [0.15, 0.2) is 9.84 Å². The van der Waals surface area contributed by atoms with Crippen molar-refractivity contribution in [1.29, 1.82) is 0 Å². The molecule has 1 heterocycles. The van der Waals surface area contributed by atoms with E-state index < -0.39 is 53.5 Å². The summed E-state index contributed by atoms with van der Waals surface area (Å²) in [6.07, 6.45) is 0. The highest BCUT2D eigenvalue weighted by molar-refractivity contribution is 7.92. The van der Waals surface area contributed by atoms with Crippen LogP contribution in [0.25, 0.3) is 0 Å². The van der Waals surface area contributed by atoms with E-state index in [0.29, 0.717) is 22.3 Å². The van der Waals surface area contributed by atoms with E-state index >= 15 is 0 Å². The van der Waals surface area contributed by atoms with Crippen LogP contribution in [-0.4, -0.2) is 57.5 Å². The smallest absolute Gasteiger partial charge is 0.229 e. The van der Waals surface area contributed by atoms with E-state index in [2.05, 4.69) is 0 Å². The van der Waals surface area contributed by atoms with Gasteiger partial charge in [0, 0.05) is 23.1 Å². The molecule has 8 nitrogen and oxygen atoms in total. The number of sulfone groups is 1. The minimum atomic E-state index is -4.41. The molecule has 0 unspecified atom stereocenters. The standard InChI is InChI=1S/C32H32Cl2N2O6S3/c1-23-13-15-27(33)17-31(23)44(39,40)35(19-25-9-5-3-6-10-25)29-21-43(37,38)22-30(29)36(20-26-11-7-4-8-12-26)45(41,42)32-18-28(34)16-14-24(32)2/h3-18,29-30H,19-22H2,1-2H3/t29-,30+. The van der Waals surface area contributed by atoms with Gasteiger partial charge in [-0.05, 0) is 60.4 Å². The zero-order chi connectivity index (χ0) is 32.6. The first-order valence-electron chi connectivity index (χ1n) is 14.0. The second-order valence-electron chi connectivity index (χ2n) is 11.1. The maximum atomic E-state index is 14.5. The summed E-state index contributed by atoms with van der Waals surface area (Å²) in [5, 5.41) is 0.387. The summed E-state index contributed by atoms with van der Waals surface area (Å²) in [5.74, 6) is -1.14. The molecule has 4 aromatic carbocycles. The SMILES string of the molecule is Cc1ccc(Cl)cc1S(=O)(=O)N(Cc1ccccc1)[C@@H]1CS(=O)(=O)C[C@@H]1N(Cc1ccccc1)S(=O)(=O)c1cc(Cl)ccc1C. The van der Waals surface area contributed by atoms with Crippen molar-refractivity contribution in [2.45, 2.75) is 48.8 Å². The fourth-order valence-electron chi connectivity index (χ4n) is 5.60. The highest BCUT2D eigenvalue weighted by atomic mass is 35.5. The van der Waals surface area contributed by atoms with Crippen LogP contribution in [0.1, 0.15) is 22.3 Å². The molecule has 4 aromatic rings. The first kappa shape index (κ1) is 33.6. The average molecular weight is 708 g/mol. The minimum absolute atomic E-state index is 0.0860. The molecule has 238 valence electrons. The number of rotatable bonds is 10. The Bertz CT molecular complexity index is 1880. The third-order valence-corrected chi connectivity index (χ3v) is 14.1. The first-order valence-corrected chi connectivity index (χ1v) is 19.5. The van der Waals surface area contributed by atoms with Gasteiger partial charge in [-0.15, -0.1) is 0 Å². The molecule has 1 aliphatic heterocycles. The Morgan fingerprint density at radius 2 is 0.978 bits per heavy atom. The first-order chi connectivity index (χ1) is 21.2. The Balaban J connectivity index is 1.72. The summed E-state index contributed by atoms with van der Waals surface area (Å²) in [7, 11) is -12.7. The minimum Gasteiger partial charge on any atom is -0.229 e. The van der Waals surface area contributed by atoms with Crippen molar-refractivity contribution >= 4 is 53.1 Å². The summed E-state index contributed by atoms with van der Waals surface area (Å²) in [5.41, 5.74) is 2.04. The number of nitrogens with zero attached hydrogens (tertiary/aromatic N) is 2. The predicted molar refractivity (Wildman–Crippen MR) is 177 cm³/mol. The molecule has 0 saturated carbocycles. The van der Waals surface area contributed by atoms with Gasteiger partial charge >= 0.3 is 0 Å². The van der Waals surface area contributed by atoms with Crippen molar-refractivity contribution in [3.63, 3.8) is 0 Å². The van der Waals surface area contributed by atoms with Crippen molar-refractivity contribution in [2.24, 2.45) is 0 Å². The summed E-state index contributed by atoms with van der Waals surface area (Å²) in [6.45, 7) is 2.87. The van der Waals surface area contributed by atoms with Crippen molar-refractivity contribution in [3.8, 4) is 0 Å². The topological polar surface area (TPSA) is 109 Å². The van der Waals surface area contributed by atoms with Gasteiger partial charge in [0.2, 0.25) is 20.0 Å². The van der Waals surface area contributed by atoms with E-state index in [0.717, 1.165) is 8.61 Å². The molecule has 2 atom stereocenters. The summed E-state index contributed by atoms with van der Waals surface area (Å²) >= 11 is 12.5. The van der Waals surface area contributed by atoms with Crippen LogP contribution in [0, 0.1) is 13.8 Å². The molecule has 0 aromatic heterocycles. The molecule has 1 saturated heterocycles. The lowest BCUT2D eigenvalue weighted by molar-refractivity contribution is 0.219. The molecule has 0 aliphatic carbocycles. The number of sulfonamides is 2. The number of aryl methyl sites for hydroxylation is 2. The Hall–Kier alpha value is -2.77. The predicted octanol–water partition coefficient (Wildman–Crippen LogP) is 5.86. The molecule has 0 bridgehead atoms. The van der Waals surface area contributed by atoms with Crippen LogP contribution in [0.2, 0.25) is 10.0 Å². The Morgan fingerprint density at radius 1 is 0.622 bits per heavy atom. The van der Waals surface area contributed by atoms with E-state index in [-0.39, 0.29) is 32.9 Å². The molecule has 0 N–H and O–H groups in total. The largest absolute Gasteiger partial charge is 0.244 e. The van der Waals surface area contributed by atoms with Crippen molar-refractivity contribution in [3.05, 3.63) is 129 Å². The van der Waals surface area contributed by atoms with Crippen LogP contribution in [0.4, 0.5) is 0 Å². The molecule has 5 rings (SSSR count). The Morgan fingerprint density at radius 3 is 1.33 bits per heavy atom. The average Bonchev–Trinajstić information content (AvgIpc) is 3.32. The number of halogens is 2. The molecule has 0 spiro atoms. The normalized spacial score (nSPS) is 18.4. The van der Waals surface area contributed by atoms with Crippen molar-refractivity contribution in [2.75, 3.05) is 11.5 Å². The molecule has 45 heavy (non-hydrogen) atoms. The van der Waals surface area contributed by atoms with E-state index in [1.165, 1.54) is 12.1 Å². The molecule has 13 heteroatoms. The van der Waals surface area contributed by atoms with E-state index in [1.807, 2.05) is 0 Å². The van der Waals surface area contributed by atoms with Gasteiger partial charge in [-0.25, -0.2) is 25.3 Å². The third-order valence-electron chi connectivity index (χ3n) is 7.87. The quantitative estimate of drug-likeness (QED) is 0.205. The Kier molecular flexibility index (Phi) is 9.82. The maximum Gasteiger partial charge on any atom is 0.244 e. The van der Waals surface area contributed by atoms with Crippen molar-refractivity contribution < 1.29 is 25.3 Å². The maximum absolute atomic E-state index is 14.5. The van der Waals surface area contributed by atoms with Gasteiger partial charge in [-0.1, -0.05) is 96.0 Å². The molecule has 0 amide bonds. The van der Waals surface area contributed by atoms with Crippen LogP contribution >= 0.6 is 23.2 Å². The monoisotopic (exact) mass is 706 g/mol. The molecule has 0 radical (unpaired) electrons. The molecule has 1 aliphatic rings. The lowest BCUT2D eigenvalue weighted by atomic mass is 10.1. The van der Waals surface area contributed by atoms with Gasteiger partial charge in [0.1, 0.15) is 0 Å². The highest BCUT2D eigenvalue weighted by Gasteiger charge is 2.51. The second-order valence-corrected chi connectivity index (χ2v) is 17.8. The van der Waals surface area contributed by atoms with Crippen LogP contribution < -0.4 is 0 Å². The zero-order valence-corrected chi connectivity index (χ0v) is 28.5. The van der Waals surface area contributed by atoms with Crippen LogP contribution in [0.5, 0.6) is 0 Å². The van der Waals surface area contributed by atoms with Gasteiger partial charge < -0.3 is 0 Å². The zero-order valence-electron chi connectivity index (χ0n) is 24.5. The summed E-state index contributed by atoms with van der Waals surface area (Å²) < 4.78 is 87.3.